The summed E-state index contributed by atoms with van der Waals surface area (Å²) >= 11 is 9.49. The zero-order valence-corrected chi connectivity index (χ0v) is 19.2. The lowest BCUT2D eigenvalue weighted by Crippen LogP contribution is -2.23. The van der Waals surface area contributed by atoms with E-state index in [2.05, 4.69) is 11.9 Å². The molecule has 0 aliphatic rings. The van der Waals surface area contributed by atoms with Gasteiger partial charge in [-0.1, -0.05) is 36.4 Å². The fourth-order valence-corrected chi connectivity index (χ4v) is 5.59. The molecule has 3 heterocycles. The van der Waals surface area contributed by atoms with E-state index in [1.54, 1.807) is 41.0 Å². The molecule has 3 aromatic heterocycles. The minimum Gasteiger partial charge on any atom is -0.385 e. The van der Waals surface area contributed by atoms with Crippen LogP contribution in [0, 0.1) is 0 Å². The average molecular weight is 460 g/mol. The van der Waals surface area contributed by atoms with Gasteiger partial charge in [0.2, 0.25) is 0 Å². The van der Waals surface area contributed by atoms with E-state index in [9.17, 15) is 4.79 Å². The number of halogens is 1. The van der Waals surface area contributed by atoms with Crippen LogP contribution in [0.3, 0.4) is 0 Å². The van der Waals surface area contributed by atoms with Crippen molar-refractivity contribution in [2.75, 3.05) is 13.7 Å². The van der Waals surface area contributed by atoms with E-state index in [1.807, 2.05) is 30.3 Å². The molecular weight excluding hydrogens is 438 g/mol. The van der Waals surface area contributed by atoms with Crippen LogP contribution in [0.5, 0.6) is 0 Å². The normalized spacial score (nSPS) is 11.6. The molecule has 0 saturated heterocycles. The highest BCUT2D eigenvalue weighted by Crippen LogP contribution is 2.31. The minimum absolute atomic E-state index is 0.0219. The highest BCUT2D eigenvalue weighted by molar-refractivity contribution is 7.98. The van der Waals surface area contributed by atoms with Crippen LogP contribution in [-0.2, 0) is 23.5 Å². The first-order valence-corrected chi connectivity index (χ1v) is 12.0. The molecule has 0 spiro atoms. The van der Waals surface area contributed by atoms with Gasteiger partial charge >= 0.3 is 0 Å². The van der Waals surface area contributed by atoms with Crippen LogP contribution in [0.2, 0.25) is 5.02 Å². The van der Waals surface area contributed by atoms with Crippen molar-refractivity contribution in [2.24, 2.45) is 0 Å². The fourth-order valence-electron chi connectivity index (χ4n) is 3.35. The Morgan fingerprint density at radius 1 is 1.27 bits per heavy atom. The number of fused-ring (bicyclic) bond motifs is 2. The first-order valence-electron chi connectivity index (χ1n) is 9.79. The number of methoxy groups -OCH3 is 1. The quantitative estimate of drug-likeness (QED) is 0.196. The van der Waals surface area contributed by atoms with Gasteiger partial charge in [-0.2, -0.15) is 0 Å². The summed E-state index contributed by atoms with van der Waals surface area (Å²) in [5, 5.41) is 3.06. The first-order chi connectivity index (χ1) is 14.6. The van der Waals surface area contributed by atoms with E-state index in [4.69, 9.17) is 21.3 Å². The van der Waals surface area contributed by atoms with Crippen molar-refractivity contribution in [1.82, 2.24) is 14.5 Å². The molecule has 0 unspecified atom stereocenters. The van der Waals surface area contributed by atoms with Gasteiger partial charge in [0.05, 0.1) is 10.9 Å². The van der Waals surface area contributed by atoms with Gasteiger partial charge in [0.25, 0.3) is 5.56 Å². The van der Waals surface area contributed by atoms with Crippen LogP contribution < -0.4 is 5.56 Å². The maximum absolute atomic E-state index is 13.2. The molecule has 0 N–H and O–H groups in total. The van der Waals surface area contributed by atoms with Gasteiger partial charge in [0.1, 0.15) is 4.83 Å². The minimum atomic E-state index is 0.0219. The van der Waals surface area contributed by atoms with E-state index in [0.717, 1.165) is 39.3 Å². The fraction of sp³-hybridized carbons (Fsp3) is 0.318. The largest absolute Gasteiger partial charge is 0.385 e. The monoisotopic (exact) mass is 459 g/mol. The van der Waals surface area contributed by atoms with Gasteiger partial charge < -0.3 is 4.74 Å². The van der Waals surface area contributed by atoms with Gasteiger partial charge in [0.15, 0.2) is 5.16 Å². The van der Waals surface area contributed by atoms with Crippen molar-refractivity contribution in [3.8, 4) is 0 Å². The number of nitrogens with zero attached hydrogens (tertiary/aromatic N) is 3. The Hall–Kier alpha value is -1.93. The second kappa shape index (κ2) is 9.47. The predicted octanol–water partition coefficient (Wildman–Crippen LogP) is 5.55. The summed E-state index contributed by atoms with van der Waals surface area (Å²) < 4.78 is 6.96. The Balaban J connectivity index is 1.71. The molecule has 30 heavy (non-hydrogen) atoms. The Labute approximate surface area is 188 Å². The van der Waals surface area contributed by atoms with Gasteiger partial charge in [-0.25, -0.2) is 4.98 Å². The molecule has 0 bridgehead atoms. The van der Waals surface area contributed by atoms with E-state index in [-0.39, 0.29) is 5.56 Å². The van der Waals surface area contributed by atoms with E-state index in [1.165, 1.54) is 4.88 Å². The molecule has 0 amide bonds. The molecule has 156 valence electrons. The van der Waals surface area contributed by atoms with Crippen molar-refractivity contribution in [3.05, 3.63) is 62.3 Å². The molecule has 4 rings (SSSR count). The highest BCUT2D eigenvalue weighted by Gasteiger charge is 2.15. The number of aryl methyl sites for hydroxylation is 1. The summed E-state index contributed by atoms with van der Waals surface area (Å²) in [6.45, 7) is 3.27. The highest BCUT2D eigenvalue weighted by atomic mass is 35.5. The van der Waals surface area contributed by atoms with E-state index in [0.29, 0.717) is 29.3 Å². The second-order valence-electron chi connectivity index (χ2n) is 6.88. The SMILES string of the molecule is CCc1cc2c(=O)n(CCCOC)c(SCc3ccc(Cl)c4cccnc34)nc2s1. The lowest BCUT2D eigenvalue weighted by molar-refractivity contribution is 0.189. The summed E-state index contributed by atoms with van der Waals surface area (Å²) in [6.07, 6.45) is 3.43. The average Bonchev–Trinajstić information content (AvgIpc) is 3.19. The maximum atomic E-state index is 13.2. The lowest BCUT2D eigenvalue weighted by atomic mass is 10.1. The molecule has 0 fully saturated rings. The number of ether oxygens (including phenoxy) is 1. The molecular formula is C22H22ClN3O2S2. The standard InChI is InChI=1S/C22H22ClN3O2S2/c1-3-15-12-17-20(30-15)25-22(26(21(17)27)10-5-11-28-2)29-13-14-7-8-18(23)16-6-4-9-24-19(14)16/h4,6-9,12H,3,5,10-11,13H2,1-2H3. The van der Waals surface area contributed by atoms with Crippen LogP contribution in [0.1, 0.15) is 23.8 Å². The first kappa shape index (κ1) is 21.3. The smallest absolute Gasteiger partial charge is 0.262 e. The number of thioether (sulfide) groups is 1. The Morgan fingerprint density at radius 3 is 2.93 bits per heavy atom. The number of pyridine rings is 1. The second-order valence-corrected chi connectivity index (χ2v) is 9.34. The number of benzene rings is 1. The van der Waals surface area contributed by atoms with Crippen LogP contribution in [0.4, 0.5) is 0 Å². The van der Waals surface area contributed by atoms with Crippen LogP contribution in [0.25, 0.3) is 21.1 Å². The van der Waals surface area contributed by atoms with E-state index >= 15 is 0 Å². The third kappa shape index (κ3) is 4.25. The number of thiophene rings is 1. The molecule has 0 saturated carbocycles. The Morgan fingerprint density at radius 2 is 2.13 bits per heavy atom. The molecule has 4 aromatic rings. The summed E-state index contributed by atoms with van der Waals surface area (Å²) in [5.74, 6) is 0.652. The van der Waals surface area contributed by atoms with Crippen molar-refractivity contribution < 1.29 is 4.74 Å². The predicted molar refractivity (Wildman–Crippen MR) is 126 cm³/mol. The molecule has 5 nitrogen and oxygen atoms in total. The number of hydrogen-bond donors (Lipinski definition) is 0. The Kier molecular flexibility index (Phi) is 6.73. The van der Waals surface area contributed by atoms with Crippen molar-refractivity contribution in [3.63, 3.8) is 0 Å². The zero-order chi connectivity index (χ0) is 21.1. The zero-order valence-electron chi connectivity index (χ0n) is 16.9. The molecule has 8 heteroatoms. The molecule has 0 radical (unpaired) electrons. The van der Waals surface area contributed by atoms with Gasteiger partial charge in [-0.05, 0) is 42.7 Å². The maximum Gasteiger partial charge on any atom is 0.262 e. The summed E-state index contributed by atoms with van der Waals surface area (Å²) in [7, 11) is 1.67. The topological polar surface area (TPSA) is 57.0 Å². The molecule has 1 aromatic carbocycles. The summed E-state index contributed by atoms with van der Waals surface area (Å²) in [5.41, 5.74) is 1.98. The van der Waals surface area contributed by atoms with Gasteiger partial charge in [-0.15, -0.1) is 11.3 Å². The summed E-state index contributed by atoms with van der Waals surface area (Å²) in [6, 6.07) is 9.73. The van der Waals surface area contributed by atoms with Gasteiger partial charge in [0, 0.05) is 47.5 Å². The van der Waals surface area contributed by atoms with Gasteiger partial charge in [-0.3, -0.25) is 14.3 Å². The third-order valence-corrected chi connectivity index (χ3v) is 7.43. The third-order valence-electron chi connectivity index (χ3n) is 4.90. The molecule has 0 aliphatic carbocycles. The van der Waals surface area contributed by atoms with Crippen LogP contribution in [-0.4, -0.2) is 28.3 Å². The Bertz CT molecular complexity index is 1250. The number of rotatable bonds is 8. The lowest BCUT2D eigenvalue weighted by Gasteiger charge is -2.12. The molecule has 0 aliphatic heterocycles. The van der Waals surface area contributed by atoms with Crippen molar-refractivity contribution >= 4 is 55.8 Å². The van der Waals surface area contributed by atoms with Crippen LogP contribution >= 0.6 is 34.7 Å². The summed E-state index contributed by atoms with van der Waals surface area (Å²) in [4.78, 5) is 24.5. The number of aromatic nitrogens is 3. The van der Waals surface area contributed by atoms with Crippen LogP contribution in [0.15, 0.2) is 46.5 Å². The van der Waals surface area contributed by atoms with Crippen molar-refractivity contribution in [1.29, 1.82) is 0 Å². The van der Waals surface area contributed by atoms with Crippen molar-refractivity contribution in [2.45, 2.75) is 37.2 Å². The van der Waals surface area contributed by atoms with E-state index < -0.39 is 0 Å². The molecule has 0 atom stereocenters. The number of hydrogen-bond acceptors (Lipinski definition) is 6.